The van der Waals surface area contributed by atoms with Crippen molar-refractivity contribution in [2.24, 2.45) is 5.41 Å². The molecule has 0 radical (unpaired) electrons. The molecule has 1 spiro atoms. The van der Waals surface area contributed by atoms with Crippen LogP contribution in [0.25, 0.3) is 0 Å². The van der Waals surface area contributed by atoms with Gasteiger partial charge in [-0.3, -0.25) is 0 Å². The van der Waals surface area contributed by atoms with E-state index in [1.807, 2.05) is 0 Å². The van der Waals surface area contributed by atoms with Crippen molar-refractivity contribution < 1.29 is 14.2 Å². The minimum atomic E-state index is -2.66. The van der Waals surface area contributed by atoms with Crippen LogP contribution in [-0.2, 0) is 14.2 Å². The molecule has 3 rings (SSSR count). The van der Waals surface area contributed by atoms with Crippen LogP contribution in [0.5, 0.6) is 0 Å². The molecule has 2 aliphatic heterocycles. The molecular weight excluding hydrogens is 491 g/mol. The van der Waals surface area contributed by atoms with Gasteiger partial charge < -0.3 is 0 Å². The fourth-order valence-corrected chi connectivity index (χ4v) is 25.4. The standard InChI is InChI=1S/C15H19O3.3C4H9.Sn/c1-14(2)17-11-15(8-9-16-10-15)13(18-14)12-6-4-3-5-7-12;3*1-3-4-2;/h3-7,10,13H,8-9,11H2,1-2H3;3*1,3-4H2,2H3;/t13-,15-;;;;/m0..../s1. The molecule has 3 nitrogen and oxygen atoms in total. The van der Waals surface area contributed by atoms with Crippen LogP contribution in [0.3, 0.4) is 0 Å². The van der Waals surface area contributed by atoms with E-state index in [4.69, 9.17) is 14.2 Å². The van der Waals surface area contributed by atoms with Crippen molar-refractivity contribution in [3.63, 3.8) is 0 Å². The average molecular weight is 537 g/mol. The third-order valence-electron chi connectivity index (χ3n) is 7.73. The Kier molecular flexibility index (Phi) is 9.35. The van der Waals surface area contributed by atoms with Gasteiger partial charge in [0.1, 0.15) is 0 Å². The molecule has 31 heavy (non-hydrogen) atoms. The number of rotatable bonds is 11. The average Bonchev–Trinajstić information content (AvgIpc) is 3.21. The van der Waals surface area contributed by atoms with Crippen LogP contribution in [0.15, 0.2) is 30.3 Å². The molecule has 0 N–H and O–H groups in total. The topological polar surface area (TPSA) is 27.7 Å². The van der Waals surface area contributed by atoms with Gasteiger partial charge in [-0.25, -0.2) is 0 Å². The van der Waals surface area contributed by atoms with Gasteiger partial charge in [0, 0.05) is 0 Å². The van der Waals surface area contributed by atoms with Crippen LogP contribution >= 0.6 is 0 Å². The van der Waals surface area contributed by atoms with Gasteiger partial charge in [-0.15, -0.1) is 0 Å². The fourth-order valence-electron chi connectivity index (χ4n) is 6.07. The van der Waals surface area contributed by atoms with Crippen molar-refractivity contribution in [2.45, 2.75) is 109 Å². The van der Waals surface area contributed by atoms with Gasteiger partial charge in [-0.1, -0.05) is 0 Å². The molecular formula is C27H46O3Sn. The molecule has 1 aromatic carbocycles. The summed E-state index contributed by atoms with van der Waals surface area (Å²) in [6, 6.07) is 10.9. The van der Waals surface area contributed by atoms with Crippen molar-refractivity contribution in [1.82, 2.24) is 0 Å². The Morgan fingerprint density at radius 2 is 1.48 bits per heavy atom. The summed E-state index contributed by atoms with van der Waals surface area (Å²) in [6.07, 6.45) is 9.09. The number of benzene rings is 1. The van der Waals surface area contributed by atoms with Gasteiger partial charge in [0.15, 0.2) is 0 Å². The van der Waals surface area contributed by atoms with Gasteiger partial charge in [0.05, 0.1) is 0 Å². The molecule has 0 aliphatic carbocycles. The Balaban J connectivity index is 2.05. The molecule has 0 amide bonds. The summed E-state index contributed by atoms with van der Waals surface area (Å²) < 4.78 is 24.8. The Morgan fingerprint density at radius 3 is 2.03 bits per heavy atom. The zero-order valence-corrected chi connectivity index (χ0v) is 23.6. The number of hydrogen-bond acceptors (Lipinski definition) is 3. The SMILES string of the molecule is CCC[CH2][Sn]([CH2]CCC)([CH2]CCC)[C@H]1OCC[C@@]12COC(C)(C)O[C@H]2c1ccccc1. The summed E-state index contributed by atoms with van der Waals surface area (Å²) in [6.45, 7) is 12.8. The first-order chi connectivity index (χ1) is 14.9. The molecule has 0 unspecified atom stereocenters. The molecule has 2 saturated heterocycles. The molecule has 0 saturated carbocycles. The Morgan fingerprint density at radius 1 is 0.903 bits per heavy atom. The second-order valence-corrected chi connectivity index (χ2v) is 24.1. The molecule has 2 heterocycles. The zero-order valence-electron chi connectivity index (χ0n) is 20.8. The summed E-state index contributed by atoms with van der Waals surface area (Å²) in [5, 5.41) is 0. The molecule has 4 heteroatoms. The zero-order chi connectivity index (χ0) is 22.4. The van der Waals surface area contributed by atoms with Gasteiger partial charge in [-0.2, -0.15) is 0 Å². The van der Waals surface area contributed by atoms with E-state index in [2.05, 4.69) is 65.0 Å². The molecule has 0 bridgehead atoms. The van der Waals surface area contributed by atoms with Crippen molar-refractivity contribution in [3.05, 3.63) is 35.9 Å². The van der Waals surface area contributed by atoms with Gasteiger partial charge in [0.25, 0.3) is 0 Å². The number of ether oxygens (including phenoxy) is 3. The molecule has 3 atom stereocenters. The van der Waals surface area contributed by atoms with E-state index in [1.165, 1.54) is 57.4 Å². The third-order valence-corrected chi connectivity index (χ3v) is 24.6. The van der Waals surface area contributed by atoms with Crippen LogP contribution in [0.4, 0.5) is 0 Å². The Labute approximate surface area is 195 Å². The normalized spacial score (nSPS) is 28.3. The van der Waals surface area contributed by atoms with Gasteiger partial charge >= 0.3 is 196 Å². The predicted octanol–water partition coefficient (Wildman–Crippen LogP) is 7.67. The van der Waals surface area contributed by atoms with E-state index >= 15 is 0 Å². The minimum absolute atomic E-state index is 0.0256. The summed E-state index contributed by atoms with van der Waals surface area (Å²) in [4.78, 5) is 0. The monoisotopic (exact) mass is 538 g/mol. The van der Waals surface area contributed by atoms with Crippen LogP contribution in [0.1, 0.15) is 91.2 Å². The van der Waals surface area contributed by atoms with Gasteiger partial charge in [-0.05, 0) is 0 Å². The third kappa shape index (κ3) is 5.70. The molecule has 2 fully saturated rings. The number of unbranched alkanes of at least 4 members (excludes halogenated alkanes) is 3. The van der Waals surface area contributed by atoms with Crippen LogP contribution < -0.4 is 0 Å². The summed E-state index contributed by atoms with van der Waals surface area (Å²) in [5.41, 5.74) is 1.28. The van der Waals surface area contributed by atoms with Crippen LogP contribution in [0.2, 0.25) is 13.3 Å². The van der Waals surface area contributed by atoms with Crippen molar-refractivity contribution in [1.29, 1.82) is 0 Å². The van der Waals surface area contributed by atoms with Crippen LogP contribution in [-0.4, -0.2) is 41.5 Å². The molecule has 1 aromatic rings. The molecule has 0 aromatic heterocycles. The van der Waals surface area contributed by atoms with Crippen molar-refractivity contribution in [3.8, 4) is 0 Å². The summed E-state index contributed by atoms with van der Waals surface area (Å²) in [7, 11) is 0. The Bertz CT molecular complexity index is 640. The first-order valence-electron chi connectivity index (χ1n) is 12.9. The Hall–Kier alpha value is -0.101. The first kappa shape index (κ1) is 25.5. The van der Waals surface area contributed by atoms with Crippen molar-refractivity contribution >= 4 is 18.4 Å². The molecule has 2 aliphatic rings. The number of hydrogen-bond donors (Lipinski definition) is 0. The summed E-state index contributed by atoms with van der Waals surface area (Å²) in [5.74, 6) is -0.548. The summed E-state index contributed by atoms with van der Waals surface area (Å²) >= 11 is -2.66. The van der Waals surface area contributed by atoms with E-state index < -0.39 is 24.2 Å². The van der Waals surface area contributed by atoms with E-state index in [9.17, 15) is 0 Å². The van der Waals surface area contributed by atoms with Crippen LogP contribution in [0, 0.1) is 5.41 Å². The maximum atomic E-state index is 6.86. The van der Waals surface area contributed by atoms with Gasteiger partial charge in [0.2, 0.25) is 0 Å². The van der Waals surface area contributed by atoms with E-state index in [1.54, 1.807) is 0 Å². The first-order valence-corrected chi connectivity index (χ1v) is 20.6. The van der Waals surface area contributed by atoms with Crippen molar-refractivity contribution in [2.75, 3.05) is 13.2 Å². The van der Waals surface area contributed by atoms with E-state index in [0.717, 1.165) is 19.6 Å². The second-order valence-electron chi connectivity index (χ2n) is 10.5. The quantitative estimate of drug-likeness (QED) is 0.271. The fraction of sp³-hybridized carbons (Fsp3) is 0.778. The maximum absolute atomic E-state index is 6.86. The molecule has 176 valence electrons. The van der Waals surface area contributed by atoms with E-state index in [0.29, 0.717) is 4.12 Å². The van der Waals surface area contributed by atoms with E-state index in [-0.39, 0.29) is 11.5 Å². The second kappa shape index (κ2) is 11.4. The predicted molar refractivity (Wildman–Crippen MR) is 132 cm³/mol.